The van der Waals surface area contributed by atoms with E-state index >= 15 is 0 Å². The second-order valence-electron chi connectivity index (χ2n) is 3.77. The van der Waals surface area contributed by atoms with Gasteiger partial charge in [-0.05, 0) is 24.3 Å². The summed E-state index contributed by atoms with van der Waals surface area (Å²) >= 11 is 0. The Morgan fingerprint density at radius 3 is 2.45 bits per heavy atom. The van der Waals surface area contributed by atoms with Crippen molar-refractivity contribution < 1.29 is 9.59 Å². The van der Waals surface area contributed by atoms with E-state index in [1.54, 1.807) is 48.7 Å². The number of pyridine rings is 1. The normalized spacial score (nSPS) is 10.2. The van der Waals surface area contributed by atoms with Gasteiger partial charge in [0.1, 0.15) is 0 Å². The molecule has 0 saturated carbocycles. The lowest BCUT2D eigenvalue weighted by molar-refractivity contribution is -0.136. The lowest BCUT2D eigenvalue weighted by Crippen LogP contribution is -2.32. The van der Waals surface area contributed by atoms with Crippen LogP contribution in [0.15, 0.2) is 59.8 Å². The van der Waals surface area contributed by atoms with Gasteiger partial charge in [-0.1, -0.05) is 24.3 Å². The van der Waals surface area contributed by atoms with Crippen molar-refractivity contribution in [1.29, 1.82) is 0 Å². The lowest BCUT2D eigenvalue weighted by atomic mass is 10.3. The van der Waals surface area contributed by atoms with E-state index in [2.05, 4.69) is 20.8 Å². The molecule has 0 unspecified atom stereocenters. The number of hydrazone groups is 1. The van der Waals surface area contributed by atoms with Crippen molar-refractivity contribution in [3.63, 3.8) is 0 Å². The summed E-state index contributed by atoms with van der Waals surface area (Å²) in [4.78, 5) is 27.0. The van der Waals surface area contributed by atoms with Gasteiger partial charge in [0.2, 0.25) is 0 Å². The molecule has 0 radical (unpaired) electrons. The number of nitrogens with zero attached hydrogens (tertiary/aromatic N) is 2. The maximum Gasteiger partial charge on any atom is 0.329 e. The molecular formula is C14H12N4O2. The largest absolute Gasteiger partial charge is 0.329 e. The maximum absolute atomic E-state index is 11.5. The molecule has 0 bridgehead atoms. The van der Waals surface area contributed by atoms with Crippen molar-refractivity contribution in [1.82, 2.24) is 10.4 Å². The standard InChI is InChI=1S/C14H12N4O2/c19-13(17-11-6-2-1-3-7-11)14(20)18-16-10-12-8-4-5-9-15-12/h1-10H,(H,17,19)(H,18,20)/b16-10-. The Bertz CT molecular complexity index is 612. The Hall–Kier alpha value is -3.02. The van der Waals surface area contributed by atoms with E-state index in [4.69, 9.17) is 0 Å². The molecule has 2 amide bonds. The van der Waals surface area contributed by atoms with Gasteiger partial charge in [0.15, 0.2) is 0 Å². The van der Waals surface area contributed by atoms with E-state index in [1.165, 1.54) is 6.21 Å². The van der Waals surface area contributed by atoms with E-state index in [0.29, 0.717) is 11.4 Å². The first-order valence-electron chi connectivity index (χ1n) is 5.86. The molecule has 0 aliphatic carbocycles. The number of para-hydroxylation sites is 1. The average molecular weight is 268 g/mol. The zero-order valence-electron chi connectivity index (χ0n) is 10.5. The first kappa shape index (κ1) is 13.4. The first-order chi connectivity index (χ1) is 9.75. The predicted octanol–water partition coefficient (Wildman–Crippen LogP) is 1.17. The topological polar surface area (TPSA) is 83.5 Å². The lowest BCUT2D eigenvalue weighted by Gasteiger charge is -2.02. The third kappa shape index (κ3) is 4.02. The van der Waals surface area contributed by atoms with Crippen LogP contribution in [0.25, 0.3) is 0 Å². The number of carbonyl (C=O) groups excluding carboxylic acids is 2. The number of amides is 2. The molecule has 2 N–H and O–H groups in total. The first-order valence-corrected chi connectivity index (χ1v) is 5.86. The number of nitrogens with one attached hydrogen (secondary N) is 2. The second kappa shape index (κ2) is 6.79. The number of benzene rings is 1. The van der Waals surface area contributed by atoms with Crippen LogP contribution in [-0.2, 0) is 9.59 Å². The summed E-state index contributed by atoms with van der Waals surface area (Å²) in [5.74, 6) is -1.63. The van der Waals surface area contributed by atoms with Crippen LogP contribution in [0.2, 0.25) is 0 Å². The van der Waals surface area contributed by atoms with E-state index < -0.39 is 11.8 Å². The van der Waals surface area contributed by atoms with Gasteiger partial charge in [0.05, 0.1) is 11.9 Å². The number of aromatic nitrogens is 1. The van der Waals surface area contributed by atoms with E-state index in [1.807, 2.05) is 6.07 Å². The summed E-state index contributed by atoms with van der Waals surface area (Å²) in [6.07, 6.45) is 2.96. The fraction of sp³-hybridized carbons (Fsp3) is 0. The molecule has 6 heteroatoms. The SMILES string of the molecule is O=C(N/N=C\c1ccccn1)C(=O)Nc1ccccc1. The minimum absolute atomic E-state index is 0.543. The van der Waals surface area contributed by atoms with Gasteiger partial charge in [0, 0.05) is 11.9 Å². The molecule has 1 heterocycles. The highest BCUT2D eigenvalue weighted by molar-refractivity contribution is 6.39. The smallest absolute Gasteiger partial charge is 0.318 e. The van der Waals surface area contributed by atoms with Crippen molar-refractivity contribution in [2.24, 2.45) is 5.10 Å². The van der Waals surface area contributed by atoms with Crippen LogP contribution in [0.5, 0.6) is 0 Å². The molecule has 0 atom stereocenters. The molecule has 0 spiro atoms. The molecule has 100 valence electrons. The van der Waals surface area contributed by atoms with Gasteiger partial charge in [-0.15, -0.1) is 0 Å². The van der Waals surface area contributed by atoms with Gasteiger partial charge in [-0.3, -0.25) is 14.6 Å². The number of rotatable bonds is 3. The van der Waals surface area contributed by atoms with Crippen LogP contribution in [0.3, 0.4) is 0 Å². The van der Waals surface area contributed by atoms with Crippen molar-refractivity contribution in [2.75, 3.05) is 5.32 Å². The number of hydrogen-bond acceptors (Lipinski definition) is 4. The molecule has 0 aliphatic heterocycles. The molecule has 0 aliphatic rings. The minimum atomic E-state index is -0.846. The van der Waals surface area contributed by atoms with Crippen molar-refractivity contribution >= 4 is 23.7 Å². The molecule has 20 heavy (non-hydrogen) atoms. The third-order valence-electron chi connectivity index (χ3n) is 2.29. The van der Waals surface area contributed by atoms with Gasteiger partial charge < -0.3 is 5.32 Å². The van der Waals surface area contributed by atoms with Gasteiger partial charge in [0.25, 0.3) is 0 Å². The Morgan fingerprint density at radius 2 is 1.75 bits per heavy atom. The van der Waals surface area contributed by atoms with E-state index in [0.717, 1.165) is 0 Å². The molecule has 0 fully saturated rings. The minimum Gasteiger partial charge on any atom is -0.318 e. The molecule has 6 nitrogen and oxygen atoms in total. The average Bonchev–Trinajstić information content (AvgIpc) is 2.49. The monoisotopic (exact) mass is 268 g/mol. The molecule has 0 saturated heterocycles. The summed E-state index contributed by atoms with van der Waals surface area (Å²) in [6, 6.07) is 14.0. The quantitative estimate of drug-likeness (QED) is 0.498. The van der Waals surface area contributed by atoms with Crippen LogP contribution in [0.1, 0.15) is 5.69 Å². The highest BCUT2D eigenvalue weighted by atomic mass is 16.2. The van der Waals surface area contributed by atoms with Crippen molar-refractivity contribution in [3.05, 3.63) is 60.4 Å². The van der Waals surface area contributed by atoms with Crippen molar-refractivity contribution in [3.8, 4) is 0 Å². The zero-order chi connectivity index (χ0) is 14.2. The van der Waals surface area contributed by atoms with Crippen LogP contribution in [0.4, 0.5) is 5.69 Å². The summed E-state index contributed by atoms with van der Waals surface area (Å²) in [6.45, 7) is 0. The summed E-state index contributed by atoms with van der Waals surface area (Å²) in [5, 5.41) is 6.11. The number of hydrogen-bond donors (Lipinski definition) is 2. The summed E-state index contributed by atoms with van der Waals surface area (Å²) < 4.78 is 0. The Kier molecular flexibility index (Phi) is 4.55. The fourth-order valence-electron chi connectivity index (χ4n) is 1.37. The van der Waals surface area contributed by atoms with Crippen LogP contribution < -0.4 is 10.7 Å². The number of anilines is 1. The molecule has 2 aromatic rings. The third-order valence-corrected chi connectivity index (χ3v) is 2.29. The Morgan fingerprint density at radius 1 is 1.00 bits per heavy atom. The number of carbonyl (C=O) groups is 2. The Labute approximate surface area is 115 Å². The second-order valence-corrected chi connectivity index (χ2v) is 3.77. The molecule has 2 rings (SSSR count). The Balaban J connectivity index is 1.86. The molecule has 1 aromatic heterocycles. The summed E-state index contributed by atoms with van der Waals surface area (Å²) in [7, 11) is 0. The van der Waals surface area contributed by atoms with Crippen LogP contribution in [0, 0.1) is 0 Å². The van der Waals surface area contributed by atoms with Gasteiger partial charge in [-0.25, -0.2) is 5.43 Å². The van der Waals surface area contributed by atoms with E-state index in [9.17, 15) is 9.59 Å². The highest BCUT2D eigenvalue weighted by Crippen LogP contribution is 2.04. The van der Waals surface area contributed by atoms with Gasteiger partial charge >= 0.3 is 11.8 Å². The molecular weight excluding hydrogens is 256 g/mol. The summed E-state index contributed by atoms with van der Waals surface area (Å²) in [5.41, 5.74) is 3.25. The fourth-order valence-corrected chi connectivity index (χ4v) is 1.37. The highest BCUT2D eigenvalue weighted by Gasteiger charge is 2.12. The van der Waals surface area contributed by atoms with E-state index in [-0.39, 0.29) is 0 Å². The predicted molar refractivity (Wildman–Crippen MR) is 75.0 cm³/mol. The maximum atomic E-state index is 11.5. The molecule has 1 aromatic carbocycles. The van der Waals surface area contributed by atoms with Gasteiger partial charge in [-0.2, -0.15) is 5.10 Å². The van der Waals surface area contributed by atoms with Crippen LogP contribution in [-0.4, -0.2) is 23.0 Å². The zero-order valence-corrected chi connectivity index (χ0v) is 10.5. The van der Waals surface area contributed by atoms with Crippen LogP contribution >= 0.6 is 0 Å². The van der Waals surface area contributed by atoms with Crippen molar-refractivity contribution in [2.45, 2.75) is 0 Å².